The zero-order valence-corrected chi connectivity index (χ0v) is 11.7. The van der Waals surface area contributed by atoms with Crippen molar-refractivity contribution in [2.45, 2.75) is 6.42 Å². The minimum Gasteiger partial charge on any atom is -0.333 e. The Balaban J connectivity index is 1.75. The van der Waals surface area contributed by atoms with Crippen LogP contribution in [0.2, 0.25) is 0 Å². The summed E-state index contributed by atoms with van der Waals surface area (Å²) >= 11 is 0. The van der Waals surface area contributed by atoms with Crippen molar-refractivity contribution < 1.29 is 4.79 Å². The molecule has 2 aromatic rings. The van der Waals surface area contributed by atoms with Crippen LogP contribution in [0.15, 0.2) is 30.9 Å². The molecule has 0 aliphatic carbocycles. The van der Waals surface area contributed by atoms with Crippen molar-refractivity contribution in [3.8, 4) is 0 Å². The molecule has 0 saturated heterocycles. The minimum absolute atomic E-state index is 0.0327. The Morgan fingerprint density at radius 3 is 2.75 bits per heavy atom. The van der Waals surface area contributed by atoms with Gasteiger partial charge in [-0.1, -0.05) is 6.08 Å². The van der Waals surface area contributed by atoms with Gasteiger partial charge in [-0.25, -0.2) is 4.98 Å². The second kappa shape index (κ2) is 4.96. The summed E-state index contributed by atoms with van der Waals surface area (Å²) in [5.41, 5.74) is 3.00. The summed E-state index contributed by atoms with van der Waals surface area (Å²) in [4.78, 5) is 18.2. The van der Waals surface area contributed by atoms with Crippen LogP contribution in [0, 0.1) is 0 Å². The molecule has 0 aromatic carbocycles. The monoisotopic (exact) mass is 271 g/mol. The predicted octanol–water partition coefficient (Wildman–Crippen LogP) is 1.08. The quantitative estimate of drug-likeness (QED) is 0.821. The van der Waals surface area contributed by atoms with Crippen molar-refractivity contribution in [3.05, 3.63) is 42.3 Å². The maximum atomic E-state index is 12.4. The summed E-state index contributed by atoms with van der Waals surface area (Å²) in [6, 6.07) is 2.00. The van der Waals surface area contributed by atoms with Gasteiger partial charge in [0.15, 0.2) is 0 Å². The highest BCUT2D eigenvalue weighted by Crippen LogP contribution is 2.22. The number of imidazole rings is 1. The van der Waals surface area contributed by atoms with Gasteiger partial charge in [0, 0.05) is 33.4 Å². The fraction of sp³-hybridized carbons (Fsp3) is 0.357. The van der Waals surface area contributed by atoms with Crippen LogP contribution in [-0.4, -0.2) is 43.2 Å². The van der Waals surface area contributed by atoms with Crippen molar-refractivity contribution in [2.75, 3.05) is 13.1 Å². The molecule has 0 saturated carbocycles. The fourth-order valence-electron chi connectivity index (χ4n) is 2.50. The Labute approximate surface area is 117 Å². The van der Waals surface area contributed by atoms with Crippen molar-refractivity contribution in [3.63, 3.8) is 0 Å². The van der Waals surface area contributed by atoms with Crippen LogP contribution in [0.3, 0.4) is 0 Å². The molecular weight excluding hydrogens is 254 g/mol. The molecule has 1 amide bonds. The van der Waals surface area contributed by atoms with Crippen molar-refractivity contribution in [1.29, 1.82) is 0 Å². The molecule has 0 radical (unpaired) electrons. The molecule has 3 heterocycles. The molecule has 0 bridgehead atoms. The number of aryl methyl sites for hydroxylation is 2. The standard InChI is InChI=1S/C14H17N5O/c1-17-10-15-9-13(17)14(20)19-7-4-11(5-8-19)12-3-6-16-18(12)2/h3-4,6,9-10H,5,7-8H2,1-2H3. The fourth-order valence-corrected chi connectivity index (χ4v) is 2.50. The number of aromatic nitrogens is 4. The molecular formula is C14H17N5O. The van der Waals surface area contributed by atoms with E-state index in [0.717, 1.165) is 18.7 Å². The van der Waals surface area contributed by atoms with Crippen molar-refractivity contribution in [2.24, 2.45) is 14.1 Å². The van der Waals surface area contributed by atoms with E-state index in [9.17, 15) is 4.79 Å². The van der Waals surface area contributed by atoms with Crippen LogP contribution in [0.25, 0.3) is 5.57 Å². The first-order valence-electron chi connectivity index (χ1n) is 6.60. The molecule has 6 nitrogen and oxygen atoms in total. The van der Waals surface area contributed by atoms with Crippen LogP contribution in [-0.2, 0) is 14.1 Å². The van der Waals surface area contributed by atoms with Crippen LogP contribution >= 0.6 is 0 Å². The number of nitrogens with zero attached hydrogens (tertiary/aromatic N) is 5. The van der Waals surface area contributed by atoms with E-state index in [4.69, 9.17) is 0 Å². The molecule has 0 fully saturated rings. The van der Waals surface area contributed by atoms with E-state index < -0.39 is 0 Å². The summed E-state index contributed by atoms with van der Waals surface area (Å²) in [6.45, 7) is 1.35. The first-order chi connectivity index (χ1) is 9.66. The third kappa shape index (κ3) is 2.13. The minimum atomic E-state index is 0.0327. The van der Waals surface area contributed by atoms with Gasteiger partial charge in [-0.2, -0.15) is 5.10 Å². The van der Waals surface area contributed by atoms with E-state index >= 15 is 0 Å². The number of carbonyl (C=O) groups is 1. The predicted molar refractivity (Wildman–Crippen MR) is 74.9 cm³/mol. The Morgan fingerprint density at radius 1 is 1.35 bits per heavy atom. The van der Waals surface area contributed by atoms with Crippen molar-refractivity contribution >= 4 is 11.5 Å². The largest absolute Gasteiger partial charge is 0.333 e. The lowest BCUT2D eigenvalue weighted by Crippen LogP contribution is -2.35. The SMILES string of the molecule is Cn1cncc1C(=O)N1CC=C(c2ccnn2C)CC1. The average Bonchev–Trinajstić information content (AvgIpc) is 3.07. The number of hydrogen-bond acceptors (Lipinski definition) is 3. The molecule has 3 rings (SSSR count). The molecule has 0 unspecified atom stereocenters. The zero-order valence-electron chi connectivity index (χ0n) is 11.7. The van der Waals surface area contributed by atoms with Crippen molar-refractivity contribution in [1.82, 2.24) is 24.2 Å². The van der Waals surface area contributed by atoms with Gasteiger partial charge in [-0.3, -0.25) is 9.48 Å². The van der Waals surface area contributed by atoms with E-state index in [1.807, 2.05) is 29.7 Å². The Bertz CT molecular complexity index is 667. The highest BCUT2D eigenvalue weighted by molar-refractivity contribution is 5.93. The normalized spacial score (nSPS) is 15.3. The van der Waals surface area contributed by atoms with Crippen LogP contribution in [0.4, 0.5) is 0 Å². The van der Waals surface area contributed by atoms with Gasteiger partial charge in [-0.05, 0) is 18.1 Å². The molecule has 6 heteroatoms. The zero-order chi connectivity index (χ0) is 14.1. The topological polar surface area (TPSA) is 56.0 Å². The number of rotatable bonds is 2. The van der Waals surface area contributed by atoms with E-state index in [1.54, 1.807) is 23.3 Å². The molecule has 1 aliphatic rings. The van der Waals surface area contributed by atoms with Gasteiger partial charge >= 0.3 is 0 Å². The van der Waals surface area contributed by atoms with E-state index in [1.165, 1.54) is 5.57 Å². The average molecular weight is 271 g/mol. The lowest BCUT2D eigenvalue weighted by atomic mass is 10.0. The molecule has 104 valence electrons. The smallest absolute Gasteiger partial charge is 0.272 e. The molecule has 20 heavy (non-hydrogen) atoms. The van der Waals surface area contributed by atoms with Gasteiger partial charge < -0.3 is 9.47 Å². The maximum Gasteiger partial charge on any atom is 0.272 e. The molecule has 0 spiro atoms. The van der Waals surface area contributed by atoms with Gasteiger partial charge in [0.25, 0.3) is 5.91 Å². The third-order valence-electron chi connectivity index (χ3n) is 3.68. The lowest BCUT2D eigenvalue weighted by molar-refractivity contribution is 0.0763. The van der Waals surface area contributed by atoms with E-state index in [0.29, 0.717) is 12.2 Å². The summed E-state index contributed by atoms with van der Waals surface area (Å²) in [5.74, 6) is 0.0327. The third-order valence-corrected chi connectivity index (χ3v) is 3.68. The summed E-state index contributed by atoms with van der Waals surface area (Å²) < 4.78 is 3.62. The molecule has 0 atom stereocenters. The number of hydrogen-bond donors (Lipinski definition) is 0. The highest BCUT2D eigenvalue weighted by Gasteiger charge is 2.21. The van der Waals surface area contributed by atoms with E-state index in [2.05, 4.69) is 16.2 Å². The van der Waals surface area contributed by atoms with Crippen LogP contribution in [0.1, 0.15) is 22.6 Å². The van der Waals surface area contributed by atoms with Gasteiger partial charge in [-0.15, -0.1) is 0 Å². The number of amides is 1. The first kappa shape index (κ1) is 12.7. The summed E-state index contributed by atoms with van der Waals surface area (Å²) in [5, 5.41) is 4.18. The Kier molecular flexibility index (Phi) is 3.14. The Morgan fingerprint density at radius 2 is 2.20 bits per heavy atom. The van der Waals surface area contributed by atoms with Gasteiger partial charge in [0.05, 0.1) is 18.2 Å². The molecule has 0 N–H and O–H groups in total. The van der Waals surface area contributed by atoms with E-state index in [-0.39, 0.29) is 5.91 Å². The maximum absolute atomic E-state index is 12.4. The second-order valence-electron chi connectivity index (χ2n) is 4.96. The lowest BCUT2D eigenvalue weighted by Gasteiger charge is -2.26. The van der Waals surface area contributed by atoms with Gasteiger partial charge in [0.2, 0.25) is 0 Å². The Hall–Kier alpha value is -2.37. The first-order valence-corrected chi connectivity index (χ1v) is 6.60. The van der Waals surface area contributed by atoms with Crippen LogP contribution < -0.4 is 0 Å². The summed E-state index contributed by atoms with van der Waals surface area (Å²) in [6.07, 6.45) is 8.01. The van der Waals surface area contributed by atoms with Gasteiger partial charge in [0.1, 0.15) is 5.69 Å². The number of carbonyl (C=O) groups excluding carboxylic acids is 1. The molecule has 2 aromatic heterocycles. The second-order valence-corrected chi connectivity index (χ2v) is 4.96. The molecule has 1 aliphatic heterocycles. The highest BCUT2D eigenvalue weighted by atomic mass is 16.2. The van der Waals surface area contributed by atoms with Crippen LogP contribution in [0.5, 0.6) is 0 Å². The summed E-state index contributed by atoms with van der Waals surface area (Å²) in [7, 11) is 3.77.